The summed E-state index contributed by atoms with van der Waals surface area (Å²) in [4.78, 5) is 15.4. The van der Waals surface area contributed by atoms with Gasteiger partial charge >= 0.3 is 0 Å². The van der Waals surface area contributed by atoms with Crippen molar-refractivity contribution in [1.29, 1.82) is 0 Å². The molecule has 0 unspecified atom stereocenters. The molecule has 0 aliphatic carbocycles. The Kier molecular flexibility index (Phi) is 2.87. The highest BCUT2D eigenvalue weighted by Crippen LogP contribution is 2.16. The van der Waals surface area contributed by atoms with Gasteiger partial charge < -0.3 is 0 Å². The number of hydrogen-bond acceptors (Lipinski definition) is 2. The van der Waals surface area contributed by atoms with Gasteiger partial charge in [-0.1, -0.05) is 0 Å². The van der Waals surface area contributed by atoms with Crippen LogP contribution in [0.5, 0.6) is 0 Å². The topological polar surface area (TPSA) is 34.9 Å². The number of pyridine rings is 2. The molecule has 82 valence electrons. The summed E-state index contributed by atoms with van der Waals surface area (Å²) in [6.45, 7) is 1.77. The molecule has 2 heterocycles. The van der Waals surface area contributed by atoms with Crippen LogP contribution in [0.1, 0.15) is 5.69 Å². The molecule has 2 rings (SSSR count). The van der Waals surface area contributed by atoms with E-state index in [0.29, 0.717) is 11.4 Å². The van der Waals surface area contributed by atoms with Gasteiger partial charge in [-0.25, -0.2) is 4.39 Å². The smallest absolute Gasteiger partial charge is 0.255 e. The van der Waals surface area contributed by atoms with E-state index in [0.717, 1.165) is 10.7 Å². The maximum Gasteiger partial charge on any atom is 0.255 e. The predicted molar refractivity (Wildman–Crippen MR) is 62.2 cm³/mol. The van der Waals surface area contributed by atoms with Crippen molar-refractivity contribution in [3.05, 3.63) is 56.9 Å². The van der Waals surface area contributed by atoms with Gasteiger partial charge in [0.25, 0.3) is 5.56 Å². The van der Waals surface area contributed by atoms with Crippen molar-refractivity contribution in [2.75, 3.05) is 0 Å². The third-order valence-electron chi connectivity index (χ3n) is 2.22. The Morgan fingerprint density at radius 3 is 2.81 bits per heavy atom. The first-order valence-corrected chi connectivity index (χ1v) is 5.38. The van der Waals surface area contributed by atoms with Crippen molar-refractivity contribution < 1.29 is 4.39 Å². The molecule has 5 heteroatoms. The molecule has 0 aliphatic heterocycles. The highest BCUT2D eigenvalue weighted by molar-refractivity contribution is 9.10. The molecule has 0 radical (unpaired) electrons. The third-order valence-corrected chi connectivity index (χ3v) is 3.06. The Morgan fingerprint density at radius 1 is 1.38 bits per heavy atom. The van der Waals surface area contributed by atoms with Crippen LogP contribution in [0.25, 0.3) is 5.69 Å². The summed E-state index contributed by atoms with van der Waals surface area (Å²) in [6, 6.07) is 4.36. The summed E-state index contributed by atoms with van der Waals surface area (Å²) in [6.07, 6.45) is 2.55. The average molecular weight is 283 g/mol. The molecule has 0 amide bonds. The molecule has 2 aromatic heterocycles. The zero-order valence-electron chi connectivity index (χ0n) is 8.45. The van der Waals surface area contributed by atoms with Crippen LogP contribution in [-0.4, -0.2) is 9.55 Å². The van der Waals surface area contributed by atoms with Gasteiger partial charge in [0.15, 0.2) is 0 Å². The number of halogens is 2. The van der Waals surface area contributed by atoms with E-state index in [9.17, 15) is 9.18 Å². The Labute approximate surface area is 99.7 Å². The second-order valence-electron chi connectivity index (χ2n) is 3.30. The van der Waals surface area contributed by atoms with Crippen LogP contribution in [0.4, 0.5) is 4.39 Å². The number of aromatic nitrogens is 2. The predicted octanol–water partition coefficient (Wildman–Crippen LogP) is 2.44. The molecular formula is C11H8BrFN2O. The molecule has 16 heavy (non-hydrogen) atoms. The highest BCUT2D eigenvalue weighted by atomic mass is 79.9. The number of hydrogen-bond donors (Lipinski definition) is 0. The molecule has 0 fully saturated rings. The van der Waals surface area contributed by atoms with E-state index < -0.39 is 5.82 Å². The SMILES string of the molecule is Cc1c(Br)ccc(=O)n1-c1cncc(F)c1. The normalized spacial score (nSPS) is 10.4. The van der Waals surface area contributed by atoms with Gasteiger partial charge in [-0.2, -0.15) is 0 Å². The van der Waals surface area contributed by atoms with E-state index in [2.05, 4.69) is 20.9 Å². The van der Waals surface area contributed by atoms with Gasteiger partial charge in [0.2, 0.25) is 0 Å². The van der Waals surface area contributed by atoms with Crippen molar-refractivity contribution in [1.82, 2.24) is 9.55 Å². The summed E-state index contributed by atoms with van der Waals surface area (Å²) >= 11 is 3.32. The molecule has 0 spiro atoms. The largest absolute Gasteiger partial charge is 0.279 e. The summed E-state index contributed by atoms with van der Waals surface area (Å²) in [5.41, 5.74) is 0.914. The Balaban J connectivity index is 2.74. The van der Waals surface area contributed by atoms with Gasteiger partial charge in [0.1, 0.15) is 5.82 Å². The highest BCUT2D eigenvalue weighted by Gasteiger charge is 2.07. The van der Waals surface area contributed by atoms with Crippen molar-refractivity contribution in [2.24, 2.45) is 0 Å². The molecular weight excluding hydrogens is 275 g/mol. The molecule has 2 aromatic rings. The van der Waals surface area contributed by atoms with Gasteiger partial charge in [0.05, 0.1) is 18.1 Å². The van der Waals surface area contributed by atoms with Crippen molar-refractivity contribution >= 4 is 15.9 Å². The lowest BCUT2D eigenvalue weighted by molar-refractivity contribution is 0.619. The van der Waals surface area contributed by atoms with Gasteiger partial charge in [-0.05, 0) is 28.9 Å². The molecule has 0 saturated carbocycles. The third kappa shape index (κ3) is 1.90. The molecule has 0 aliphatic rings. The minimum absolute atomic E-state index is 0.215. The lowest BCUT2D eigenvalue weighted by Crippen LogP contribution is -2.19. The minimum atomic E-state index is -0.469. The Morgan fingerprint density at radius 2 is 2.12 bits per heavy atom. The zero-order valence-corrected chi connectivity index (χ0v) is 10.0. The summed E-state index contributed by atoms with van der Waals surface area (Å²) in [5, 5.41) is 0. The van der Waals surface area contributed by atoms with Crippen molar-refractivity contribution in [2.45, 2.75) is 6.92 Å². The summed E-state index contributed by atoms with van der Waals surface area (Å²) in [5.74, 6) is -0.469. The fourth-order valence-corrected chi connectivity index (χ4v) is 1.76. The van der Waals surface area contributed by atoms with E-state index in [1.807, 2.05) is 0 Å². The zero-order chi connectivity index (χ0) is 11.7. The number of rotatable bonds is 1. The standard InChI is InChI=1S/C11H8BrFN2O/c1-7-10(12)2-3-11(16)15(7)9-4-8(13)5-14-6-9/h2-6H,1H3. The van der Waals surface area contributed by atoms with Crippen LogP contribution < -0.4 is 5.56 Å². The van der Waals surface area contributed by atoms with Gasteiger partial charge in [0, 0.05) is 22.3 Å². The van der Waals surface area contributed by atoms with E-state index in [1.165, 1.54) is 22.9 Å². The second-order valence-corrected chi connectivity index (χ2v) is 4.16. The van der Waals surface area contributed by atoms with Crippen LogP contribution in [0.2, 0.25) is 0 Å². The van der Waals surface area contributed by atoms with Crippen LogP contribution in [0.3, 0.4) is 0 Å². The quantitative estimate of drug-likeness (QED) is 0.805. The molecule has 0 bridgehead atoms. The maximum atomic E-state index is 13.0. The van der Waals surface area contributed by atoms with Gasteiger partial charge in [-0.3, -0.25) is 14.3 Å². The summed E-state index contributed by atoms with van der Waals surface area (Å²) < 4.78 is 15.2. The van der Waals surface area contributed by atoms with Crippen LogP contribution in [0.15, 0.2) is 39.9 Å². The first-order valence-electron chi connectivity index (χ1n) is 4.58. The maximum absolute atomic E-state index is 13.0. The second kappa shape index (κ2) is 4.17. The molecule has 3 nitrogen and oxygen atoms in total. The molecule has 0 aromatic carbocycles. The molecule has 0 N–H and O–H groups in total. The van der Waals surface area contributed by atoms with E-state index in [-0.39, 0.29) is 5.56 Å². The van der Waals surface area contributed by atoms with Crippen LogP contribution in [0, 0.1) is 12.7 Å². The fourth-order valence-electron chi connectivity index (χ4n) is 1.46. The minimum Gasteiger partial charge on any atom is -0.279 e. The lowest BCUT2D eigenvalue weighted by atomic mass is 10.3. The van der Waals surface area contributed by atoms with E-state index in [1.54, 1.807) is 13.0 Å². The van der Waals surface area contributed by atoms with Crippen molar-refractivity contribution in [3.8, 4) is 5.69 Å². The van der Waals surface area contributed by atoms with Crippen molar-refractivity contribution in [3.63, 3.8) is 0 Å². The first-order chi connectivity index (χ1) is 7.59. The number of nitrogens with zero attached hydrogens (tertiary/aromatic N) is 2. The monoisotopic (exact) mass is 282 g/mol. The lowest BCUT2D eigenvalue weighted by Gasteiger charge is -2.10. The Hall–Kier alpha value is -1.49. The fraction of sp³-hybridized carbons (Fsp3) is 0.0909. The molecule has 0 atom stereocenters. The average Bonchev–Trinajstić information content (AvgIpc) is 2.24. The van der Waals surface area contributed by atoms with Gasteiger partial charge in [-0.15, -0.1) is 0 Å². The van der Waals surface area contributed by atoms with Crippen LogP contribution in [-0.2, 0) is 0 Å². The summed E-state index contributed by atoms with van der Waals surface area (Å²) in [7, 11) is 0. The van der Waals surface area contributed by atoms with Crippen LogP contribution >= 0.6 is 15.9 Å². The molecule has 0 saturated heterocycles. The first kappa shape index (κ1) is 11.0. The Bertz CT molecular complexity index is 595. The van der Waals surface area contributed by atoms with E-state index in [4.69, 9.17) is 0 Å². The van der Waals surface area contributed by atoms with E-state index >= 15 is 0 Å².